The van der Waals surface area contributed by atoms with Gasteiger partial charge >= 0.3 is 0 Å². The number of likely N-dealkylation sites (N-methyl/N-ethyl adjacent to an activating group) is 1. The first-order valence-corrected chi connectivity index (χ1v) is 5.95. The first kappa shape index (κ1) is 11.6. The normalized spacial score (nSPS) is 26.9. The number of nitrogens with one attached hydrogen (secondary N) is 1. The van der Waals surface area contributed by atoms with Gasteiger partial charge in [-0.3, -0.25) is 0 Å². The molecule has 1 aromatic carbocycles. The number of piperidine rings is 1. The van der Waals surface area contributed by atoms with Crippen LogP contribution in [0.25, 0.3) is 0 Å². The lowest BCUT2D eigenvalue weighted by atomic mass is 9.92. The Morgan fingerprint density at radius 1 is 1.38 bits per heavy atom. The largest absolute Gasteiger partial charge is 0.316 e. The Morgan fingerprint density at radius 2 is 2.12 bits per heavy atom. The molecule has 1 fully saturated rings. The third-order valence-corrected chi connectivity index (χ3v) is 3.51. The molecule has 0 spiro atoms. The van der Waals surface area contributed by atoms with Gasteiger partial charge in [0.2, 0.25) is 0 Å². The van der Waals surface area contributed by atoms with Gasteiger partial charge < -0.3 is 10.1 Å². The molecule has 0 aliphatic carbocycles. The van der Waals surface area contributed by atoms with Crippen molar-refractivity contribution in [1.82, 2.24) is 10.4 Å². The van der Waals surface area contributed by atoms with Gasteiger partial charge in [0.15, 0.2) is 0 Å². The molecule has 0 aromatic heterocycles. The van der Waals surface area contributed by atoms with Gasteiger partial charge in [0.25, 0.3) is 0 Å². The molecule has 1 aliphatic heterocycles. The molecule has 0 bridgehead atoms. The van der Waals surface area contributed by atoms with Crippen LogP contribution in [0.15, 0.2) is 30.3 Å². The minimum atomic E-state index is 0.193. The van der Waals surface area contributed by atoms with Crippen LogP contribution in [0.3, 0.4) is 0 Å². The summed E-state index contributed by atoms with van der Waals surface area (Å²) in [5, 5.41) is 9.18. The summed E-state index contributed by atoms with van der Waals surface area (Å²) >= 11 is 0. The molecular weight excluding hydrogens is 200 g/mol. The molecule has 2 unspecified atom stereocenters. The lowest BCUT2D eigenvalue weighted by Gasteiger charge is -2.38. The van der Waals surface area contributed by atoms with E-state index >= 15 is 0 Å². The van der Waals surface area contributed by atoms with E-state index in [1.807, 2.05) is 6.07 Å². The van der Waals surface area contributed by atoms with E-state index in [1.54, 1.807) is 0 Å². The van der Waals surface area contributed by atoms with Crippen LogP contribution in [-0.4, -0.2) is 35.8 Å². The van der Waals surface area contributed by atoms with Crippen molar-refractivity contribution in [2.45, 2.75) is 31.3 Å². The molecule has 88 valence electrons. The summed E-state index contributed by atoms with van der Waals surface area (Å²) < 4.78 is 0. The number of hydrogen-bond donors (Lipinski definition) is 2. The van der Waals surface area contributed by atoms with E-state index in [-0.39, 0.29) is 6.04 Å². The van der Waals surface area contributed by atoms with Crippen molar-refractivity contribution in [3.05, 3.63) is 35.9 Å². The van der Waals surface area contributed by atoms with Gasteiger partial charge in [-0.15, -0.1) is 0 Å². The van der Waals surface area contributed by atoms with E-state index in [2.05, 4.69) is 41.7 Å². The number of hydroxylamine groups is 1. The fraction of sp³-hybridized carbons (Fsp3) is 0.538. The highest BCUT2D eigenvalue weighted by molar-refractivity contribution is 5.16. The van der Waals surface area contributed by atoms with E-state index in [1.165, 1.54) is 5.56 Å². The maximum absolute atomic E-state index is 9.18. The van der Waals surface area contributed by atoms with E-state index in [9.17, 15) is 5.21 Å². The van der Waals surface area contributed by atoms with Gasteiger partial charge in [-0.25, -0.2) is 5.48 Å². The Morgan fingerprint density at radius 3 is 2.81 bits per heavy atom. The molecule has 0 saturated carbocycles. The third-order valence-electron chi connectivity index (χ3n) is 3.51. The van der Waals surface area contributed by atoms with Crippen LogP contribution in [-0.2, 0) is 6.42 Å². The van der Waals surface area contributed by atoms with Gasteiger partial charge in [0.1, 0.15) is 0 Å². The molecule has 2 N–H and O–H groups in total. The topological polar surface area (TPSA) is 35.5 Å². The minimum Gasteiger partial charge on any atom is -0.316 e. The van der Waals surface area contributed by atoms with E-state index in [4.69, 9.17) is 0 Å². The highest BCUT2D eigenvalue weighted by Crippen LogP contribution is 2.19. The van der Waals surface area contributed by atoms with Crippen molar-refractivity contribution in [3.63, 3.8) is 0 Å². The standard InChI is InChI=1S/C13H20N2O/c1-15-9-5-8-12(14-16)13(15)10-11-6-3-2-4-7-11/h2-4,6-7,12-14,16H,5,8-10H2,1H3. The maximum Gasteiger partial charge on any atom is 0.0478 e. The highest BCUT2D eigenvalue weighted by Gasteiger charge is 2.28. The van der Waals surface area contributed by atoms with E-state index in [0.29, 0.717) is 6.04 Å². The monoisotopic (exact) mass is 220 g/mol. The number of benzene rings is 1. The van der Waals surface area contributed by atoms with Gasteiger partial charge in [-0.1, -0.05) is 30.3 Å². The summed E-state index contributed by atoms with van der Waals surface area (Å²) in [5.74, 6) is 0. The number of rotatable bonds is 3. The zero-order chi connectivity index (χ0) is 11.4. The van der Waals surface area contributed by atoms with E-state index < -0.39 is 0 Å². The smallest absolute Gasteiger partial charge is 0.0478 e. The number of hydrogen-bond acceptors (Lipinski definition) is 3. The first-order chi connectivity index (χ1) is 7.81. The molecule has 1 aromatic rings. The van der Waals surface area contributed by atoms with Gasteiger partial charge in [-0.05, 0) is 38.4 Å². The Kier molecular flexibility index (Phi) is 3.93. The van der Waals surface area contributed by atoms with Crippen molar-refractivity contribution >= 4 is 0 Å². The molecule has 0 amide bonds. The van der Waals surface area contributed by atoms with Crippen LogP contribution in [0.4, 0.5) is 0 Å². The summed E-state index contributed by atoms with van der Waals surface area (Å²) in [7, 11) is 2.14. The molecule has 16 heavy (non-hydrogen) atoms. The summed E-state index contributed by atoms with van der Waals surface area (Å²) in [6.45, 7) is 1.12. The van der Waals surface area contributed by atoms with Crippen LogP contribution < -0.4 is 5.48 Å². The summed E-state index contributed by atoms with van der Waals surface area (Å²) in [5.41, 5.74) is 3.80. The van der Waals surface area contributed by atoms with Crippen molar-refractivity contribution in [1.29, 1.82) is 0 Å². The van der Waals surface area contributed by atoms with Crippen LogP contribution in [0.5, 0.6) is 0 Å². The quantitative estimate of drug-likeness (QED) is 0.761. The van der Waals surface area contributed by atoms with Crippen LogP contribution in [0, 0.1) is 0 Å². The average Bonchev–Trinajstić information content (AvgIpc) is 2.33. The molecule has 2 rings (SSSR count). The second-order valence-corrected chi connectivity index (χ2v) is 4.62. The van der Waals surface area contributed by atoms with Gasteiger partial charge in [-0.2, -0.15) is 0 Å². The van der Waals surface area contributed by atoms with Crippen LogP contribution in [0.1, 0.15) is 18.4 Å². The lowest BCUT2D eigenvalue weighted by molar-refractivity contribution is 0.0438. The number of likely N-dealkylation sites (tertiary alicyclic amines) is 1. The Labute approximate surface area is 97.0 Å². The Bertz CT molecular complexity index is 315. The molecule has 1 aliphatic rings. The van der Waals surface area contributed by atoms with Crippen molar-refractivity contribution in [3.8, 4) is 0 Å². The Balaban J connectivity index is 2.05. The molecular formula is C13H20N2O. The minimum absolute atomic E-state index is 0.193. The van der Waals surface area contributed by atoms with Crippen molar-refractivity contribution in [2.24, 2.45) is 0 Å². The molecule has 1 heterocycles. The van der Waals surface area contributed by atoms with E-state index in [0.717, 1.165) is 25.8 Å². The van der Waals surface area contributed by atoms with Crippen LogP contribution in [0.2, 0.25) is 0 Å². The van der Waals surface area contributed by atoms with Gasteiger partial charge in [0.05, 0.1) is 0 Å². The maximum atomic E-state index is 9.18. The molecule has 0 radical (unpaired) electrons. The zero-order valence-electron chi connectivity index (χ0n) is 9.76. The summed E-state index contributed by atoms with van der Waals surface area (Å²) in [4.78, 5) is 2.34. The fourth-order valence-corrected chi connectivity index (χ4v) is 2.53. The summed E-state index contributed by atoms with van der Waals surface area (Å²) in [6, 6.07) is 11.1. The van der Waals surface area contributed by atoms with Crippen molar-refractivity contribution < 1.29 is 5.21 Å². The number of nitrogens with zero attached hydrogens (tertiary/aromatic N) is 1. The zero-order valence-corrected chi connectivity index (χ0v) is 9.76. The van der Waals surface area contributed by atoms with Crippen LogP contribution >= 0.6 is 0 Å². The molecule has 1 saturated heterocycles. The van der Waals surface area contributed by atoms with Gasteiger partial charge in [0, 0.05) is 12.1 Å². The third kappa shape index (κ3) is 2.61. The second kappa shape index (κ2) is 5.43. The average molecular weight is 220 g/mol. The SMILES string of the molecule is CN1CCCC(NO)C1Cc1ccccc1. The molecule has 2 atom stereocenters. The predicted octanol–water partition coefficient (Wildman–Crippen LogP) is 1.67. The fourth-order valence-electron chi connectivity index (χ4n) is 2.53. The predicted molar refractivity (Wildman–Crippen MR) is 64.5 cm³/mol. The molecule has 3 heteroatoms. The lowest BCUT2D eigenvalue weighted by Crippen LogP contribution is -2.52. The summed E-state index contributed by atoms with van der Waals surface area (Å²) in [6.07, 6.45) is 3.20. The first-order valence-electron chi connectivity index (χ1n) is 5.95. The second-order valence-electron chi connectivity index (χ2n) is 4.62. The Hall–Kier alpha value is -0.900. The molecule has 3 nitrogen and oxygen atoms in total. The highest BCUT2D eigenvalue weighted by atomic mass is 16.5. The van der Waals surface area contributed by atoms with Crippen molar-refractivity contribution in [2.75, 3.05) is 13.6 Å².